The van der Waals surface area contributed by atoms with Gasteiger partial charge in [0.15, 0.2) is 5.78 Å². The van der Waals surface area contributed by atoms with Crippen LogP contribution in [0, 0.1) is 0 Å². The highest BCUT2D eigenvalue weighted by Gasteiger charge is 2.11. The van der Waals surface area contributed by atoms with E-state index in [1.165, 1.54) is 17.3 Å². The number of nitrogens with two attached hydrogens (primary N) is 1. The standard InChI is InChI=1S/C21H26N2O2S/c1-15(2)16-8-10-17(11-9-16)19(22)12-23-21(25)14-26-13-20(24)18-6-4-3-5-7-18/h3-11,15,19H,12-14,22H2,1-2H3,(H,23,25). The molecule has 4 nitrogen and oxygen atoms in total. The van der Waals surface area contributed by atoms with Gasteiger partial charge >= 0.3 is 0 Å². The van der Waals surface area contributed by atoms with E-state index in [0.717, 1.165) is 5.56 Å². The molecule has 2 aromatic rings. The SMILES string of the molecule is CC(C)c1ccc(C(N)CNC(=O)CSCC(=O)c2ccccc2)cc1. The first kappa shape index (κ1) is 20.2. The van der Waals surface area contributed by atoms with Crippen molar-refractivity contribution in [2.24, 2.45) is 5.73 Å². The highest BCUT2D eigenvalue weighted by atomic mass is 32.2. The average Bonchev–Trinajstić information content (AvgIpc) is 2.66. The maximum Gasteiger partial charge on any atom is 0.230 e. The summed E-state index contributed by atoms with van der Waals surface area (Å²) in [6, 6.07) is 17.0. The van der Waals surface area contributed by atoms with Crippen LogP contribution >= 0.6 is 11.8 Å². The Bertz CT molecular complexity index is 715. The quantitative estimate of drug-likeness (QED) is 0.662. The highest BCUT2D eigenvalue weighted by Crippen LogP contribution is 2.17. The summed E-state index contributed by atoms with van der Waals surface area (Å²) in [7, 11) is 0. The molecule has 0 saturated carbocycles. The van der Waals surface area contributed by atoms with Crippen molar-refractivity contribution in [3.05, 3.63) is 71.3 Å². The fraction of sp³-hybridized carbons (Fsp3) is 0.333. The van der Waals surface area contributed by atoms with Gasteiger partial charge in [-0.1, -0.05) is 68.4 Å². The third-order valence-corrected chi connectivity index (χ3v) is 5.05. The van der Waals surface area contributed by atoms with Crippen molar-refractivity contribution in [1.29, 1.82) is 0 Å². The second-order valence-electron chi connectivity index (χ2n) is 6.51. The van der Waals surface area contributed by atoms with E-state index in [-0.39, 0.29) is 23.5 Å². The fourth-order valence-corrected chi connectivity index (χ4v) is 3.21. The van der Waals surface area contributed by atoms with Crippen LogP contribution in [-0.2, 0) is 4.79 Å². The van der Waals surface area contributed by atoms with Gasteiger partial charge < -0.3 is 11.1 Å². The average molecular weight is 371 g/mol. The molecule has 0 bridgehead atoms. The molecule has 0 aliphatic heterocycles. The molecule has 1 unspecified atom stereocenters. The first-order chi connectivity index (χ1) is 12.5. The molecular formula is C21H26N2O2S. The van der Waals surface area contributed by atoms with Crippen LogP contribution in [0.2, 0.25) is 0 Å². The molecule has 0 spiro atoms. The van der Waals surface area contributed by atoms with E-state index in [0.29, 0.717) is 23.8 Å². The topological polar surface area (TPSA) is 72.2 Å². The van der Waals surface area contributed by atoms with Crippen LogP contribution in [0.3, 0.4) is 0 Å². The van der Waals surface area contributed by atoms with Gasteiger partial charge in [-0.3, -0.25) is 9.59 Å². The van der Waals surface area contributed by atoms with Gasteiger partial charge in [-0.05, 0) is 17.0 Å². The lowest BCUT2D eigenvalue weighted by Gasteiger charge is -2.14. The summed E-state index contributed by atoms with van der Waals surface area (Å²) in [5.41, 5.74) is 9.09. The van der Waals surface area contributed by atoms with Crippen molar-refractivity contribution in [3.63, 3.8) is 0 Å². The van der Waals surface area contributed by atoms with Gasteiger partial charge in [0, 0.05) is 18.2 Å². The Morgan fingerprint density at radius 2 is 1.58 bits per heavy atom. The molecule has 5 heteroatoms. The number of carbonyl (C=O) groups excluding carboxylic acids is 2. The normalized spacial score (nSPS) is 12.0. The number of carbonyl (C=O) groups is 2. The molecule has 0 aliphatic carbocycles. The van der Waals surface area contributed by atoms with Crippen molar-refractivity contribution in [2.45, 2.75) is 25.8 Å². The molecule has 0 heterocycles. The predicted octanol–water partition coefficient (Wildman–Crippen LogP) is 3.54. The fourth-order valence-electron chi connectivity index (χ4n) is 2.46. The van der Waals surface area contributed by atoms with E-state index in [2.05, 4.69) is 31.3 Å². The van der Waals surface area contributed by atoms with Crippen LogP contribution in [0.4, 0.5) is 0 Å². The molecule has 138 valence electrons. The molecule has 0 radical (unpaired) electrons. The van der Waals surface area contributed by atoms with Crippen LogP contribution in [0.5, 0.6) is 0 Å². The summed E-state index contributed by atoms with van der Waals surface area (Å²) < 4.78 is 0. The maximum absolute atomic E-state index is 12.0. The molecule has 3 N–H and O–H groups in total. The molecule has 0 saturated heterocycles. The van der Waals surface area contributed by atoms with Gasteiger partial charge in [-0.25, -0.2) is 0 Å². The number of hydrogen-bond donors (Lipinski definition) is 2. The highest BCUT2D eigenvalue weighted by molar-refractivity contribution is 8.00. The molecule has 26 heavy (non-hydrogen) atoms. The first-order valence-corrected chi connectivity index (χ1v) is 9.91. The van der Waals surface area contributed by atoms with Gasteiger partial charge in [-0.15, -0.1) is 11.8 Å². The van der Waals surface area contributed by atoms with Gasteiger partial charge in [0.1, 0.15) is 0 Å². The molecule has 1 amide bonds. The largest absolute Gasteiger partial charge is 0.353 e. The van der Waals surface area contributed by atoms with Crippen LogP contribution in [-0.4, -0.2) is 29.7 Å². The first-order valence-electron chi connectivity index (χ1n) is 8.75. The van der Waals surface area contributed by atoms with Gasteiger partial charge in [0.25, 0.3) is 0 Å². The summed E-state index contributed by atoms with van der Waals surface area (Å²) in [6.07, 6.45) is 0. The van der Waals surface area contributed by atoms with Gasteiger partial charge in [-0.2, -0.15) is 0 Å². The molecule has 2 rings (SSSR count). The van der Waals surface area contributed by atoms with E-state index < -0.39 is 0 Å². The van der Waals surface area contributed by atoms with E-state index in [1.807, 2.05) is 30.3 Å². The molecular weight excluding hydrogens is 344 g/mol. The number of thioether (sulfide) groups is 1. The Hall–Kier alpha value is -2.11. The summed E-state index contributed by atoms with van der Waals surface area (Å²) in [4.78, 5) is 23.9. The predicted molar refractivity (Wildman–Crippen MR) is 109 cm³/mol. The lowest BCUT2D eigenvalue weighted by atomic mass is 9.99. The number of amides is 1. The van der Waals surface area contributed by atoms with Gasteiger partial charge in [0.05, 0.1) is 11.5 Å². The van der Waals surface area contributed by atoms with E-state index in [1.54, 1.807) is 12.1 Å². The third-order valence-electron chi connectivity index (χ3n) is 4.11. The van der Waals surface area contributed by atoms with Crippen molar-refractivity contribution < 1.29 is 9.59 Å². The zero-order valence-corrected chi connectivity index (χ0v) is 16.1. The van der Waals surface area contributed by atoms with Crippen molar-refractivity contribution in [1.82, 2.24) is 5.32 Å². The zero-order valence-electron chi connectivity index (χ0n) is 15.3. The number of hydrogen-bond acceptors (Lipinski definition) is 4. The summed E-state index contributed by atoms with van der Waals surface area (Å²) in [5.74, 6) is 0.948. The van der Waals surface area contributed by atoms with Crippen LogP contribution in [0.25, 0.3) is 0 Å². The minimum Gasteiger partial charge on any atom is -0.353 e. The zero-order chi connectivity index (χ0) is 18.9. The number of benzene rings is 2. The summed E-state index contributed by atoms with van der Waals surface area (Å²) in [6.45, 7) is 4.68. The van der Waals surface area contributed by atoms with E-state index in [9.17, 15) is 9.59 Å². The number of nitrogens with one attached hydrogen (secondary N) is 1. The minimum absolute atomic E-state index is 0.0327. The Morgan fingerprint density at radius 3 is 2.19 bits per heavy atom. The second kappa shape index (κ2) is 10.1. The smallest absolute Gasteiger partial charge is 0.230 e. The molecule has 1 atom stereocenters. The number of rotatable bonds is 9. The van der Waals surface area contributed by atoms with Crippen molar-refractivity contribution in [3.8, 4) is 0 Å². The molecule has 0 fully saturated rings. The van der Waals surface area contributed by atoms with E-state index >= 15 is 0 Å². The Labute approximate surface area is 159 Å². The third kappa shape index (κ3) is 6.32. The second-order valence-corrected chi connectivity index (χ2v) is 7.50. The molecule has 2 aromatic carbocycles. The summed E-state index contributed by atoms with van der Waals surface area (Å²) >= 11 is 1.31. The molecule has 0 aromatic heterocycles. The van der Waals surface area contributed by atoms with Crippen LogP contribution < -0.4 is 11.1 Å². The Balaban J connectivity index is 1.70. The van der Waals surface area contributed by atoms with Gasteiger partial charge in [0.2, 0.25) is 5.91 Å². The maximum atomic E-state index is 12.0. The summed E-state index contributed by atoms with van der Waals surface area (Å²) in [5, 5.41) is 2.84. The molecule has 0 aliphatic rings. The minimum atomic E-state index is -0.240. The Morgan fingerprint density at radius 1 is 0.962 bits per heavy atom. The lowest BCUT2D eigenvalue weighted by molar-refractivity contribution is -0.118. The lowest BCUT2D eigenvalue weighted by Crippen LogP contribution is -2.33. The van der Waals surface area contributed by atoms with E-state index in [4.69, 9.17) is 5.73 Å². The number of ketones is 1. The van der Waals surface area contributed by atoms with Crippen LogP contribution in [0.15, 0.2) is 54.6 Å². The van der Waals surface area contributed by atoms with Crippen molar-refractivity contribution >= 4 is 23.5 Å². The van der Waals surface area contributed by atoms with Crippen LogP contribution in [0.1, 0.15) is 47.3 Å². The van der Waals surface area contributed by atoms with Crippen molar-refractivity contribution in [2.75, 3.05) is 18.1 Å². The number of Topliss-reactive ketones (excluding diaryl/α,β-unsaturated/α-hetero) is 1. The Kier molecular flexibility index (Phi) is 7.88. The monoisotopic (exact) mass is 370 g/mol.